The summed E-state index contributed by atoms with van der Waals surface area (Å²) in [5, 5.41) is 2.74. The molecule has 0 spiro atoms. The summed E-state index contributed by atoms with van der Waals surface area (Å²) < 4.78 is 10.3. The maximum absolute atomic E-state index is 11.8. The molecule has 1 N–H and O–H groups in total. The lowest BCUT2D eigenvalue weighted by molar-refractivity contribution is -0.142. The number of esters is 1. The van der Waals surface area contributed by atoms with Crippen LogP contribution >= 0.6 is 0 Å². The summed E-state index contributed by atoms with van der Waals surface area (Å²) in [6.45, 7) is 8.62. The van der Waals surface area contributed by atoms with Crippen molar-refractivity contribution in [1.29, 1.82) is 0 Å². The molecule has 1 atom stereocenters. The summed E-state index contributed by atoms with van der Waals surface area (Å²) >= 11 is 0. The summed E-state index contributed by atoms with van der Waals surface area (Å²) in [4.78, 5) is 25.5. The van der Waals surface area contributed by atoms with Gasteiger partial charge in [0, 0.05) is 12.2 Å². The molecule has 6 nitrogen and oxygen atoms in total. The molecule has 1 aliphatic heterocycles. The molecule has 126 valence electrons. The van der Waals surface area contributed by atoms with Crippen LogP contribution in [0.3, 0.4) is 0 Å². The highest BCUT2D eigenvalue weighted by molar-refractivity contribution is 5.87. The van der Waals surface area contributed by atoms with E-state index in [4.69, 9.17) is 9.47 Å². The van der Waals surface area contributed by atoms with Crippen LogP contribution in [0.25, 0.3) is 0 Å². The molecular weight excluding hydrogens is 296 g/mol. The molecule has 1 heterocycles. The fraction of sp³-hybridized carbons (Fsp3) is 0.529. The summed E-state index contributed by atoms with van der Waals surface area (Å²) in [5.74, 6) is -0.206. The van der Waals surface area contributed by atoms with E-state index in [-0.39, 0.29) is 12.0 Å². The molecule has 0 radical (unpaired) electrons. The first-order valence-electron chi connectivity index (χ1n) is 7.80. The quantitative estimate of drug-likeness (QED) is 0.667. The number of hydrogen-bond donors (Lipinski definition) is 1. The lowest BCUT2D eigenvalue weighted by atomic mass is 10.1. The van der Waals surface area contributed by atoms with E-state index in [1.165, 1.54) is 0 Å². The van der Waals surface area contributed by atoms with Gasteiger partial charge in [0.05, 0.1) is 13.2 Å². The average molecular weight is 320 g/mol. The van der Waals surface area contributed by atoms with Gasteiger partial charge in [-0.05, 0) is 39.3 Å². The van der Waals surface area contributed by atoms with Crippen molar-refractivity contribution in [2.45, 2.75) is 45.9 Å². The van der Waals surface area contributed by atoms with E-state index < -0.39 is 11.7 Å². The monoisotopic (exact) mass is 320 g/mol. The molecule has 1 fully saturated rings. The number of hydrogen-bond acceptors (Lipinski definition) is 5. The summed E-state index contributed by atoms with van der Waals surface area (Å²) in [7, 11) is 0. The normalized spacial score (nSPS) is 16.7. The zero-order valence-corrected chi connectivity index (χ0v) is 14.1. The lowest BCUT2D eigenvalue weighted by Gasteiger charge is -2.20. The van der Waals surface area contributed by atoms with Gasteiger partial charge in [0.15, 0.2) is 0 Å². The molecule has 6 heteroatoms. The highest BCUT2D eigenvalue weighted by atomic mass is 16.6. The van der Waals surface area contributed by atoms with Crippen LogP contribution in [0.1, 0.15) is 33.3 Å². The standard InChI is InChI=1S/C17H24N2O4/c1-5-22-15(20)14-11-19(14)13-9-7-6-8-12(13)10-18-16(21)23-17(2,3)4/h6-9,14H,5,10-11H2,1-4H3,(H,18,21). The zero-order valence-electron chi connectivity index (χ0n) is 14.1. The van der Waals surface area contributed by atoms with Crippen LogP contribution in [0.5, 0.6) is 0 Å². The Morgan fingerprint density at radius 3 is 2.65 bits per heavy atom. The molecule has 1 amide bonds. The van der Waals surface area contributed by atoms with Crippen molar-refractivity contribution in [2.24, 2.45) is 0 Å². The van der Waals surface area contributed by atoms with Crippen molar-refractivity contribution < 1.29 is 19.1 Å². The second-order valence-electron chi connectivity index (χ2n) is 6.40. The zero-order chi connectivity index (χ0) is 17.0. The summed E-state index contributed by atoms with van der Waals surface area (Å²) in [6.07, 6.45) is -0.458. The molecule has 1 aromatic carbocycles. The number of anilines is 1. The molecule has 0 aromatic heterocycles. The van der Waals surface area contributed by atoms with Gasteiger partial charge in [-0.25, -0.2) is 9.59 Å². The topological polar surface area (TPSA) is 67.6 Å². The lowest BCUT2D eigenvalue weighted by Crippen LogP contribution is -2.32. The fourth-order valence-electron chi connectivity index (χ4n) is 2.27. The van der Waals surface area contributed by atoms with Crippen LogP contribution in [0.4, 0.5) is 10.5 Å². The minimum atomic E-state index is -0.529. The number of nitrogens with one attached hydrogen (secondary N) is 1. The number of nitrogens with zero attached hydrogens (tertiary/aromatic N) is 1. The molecule has 0 aliphatic carbocycles. The van der Waals surface area contributed by atoms with Gasteiger partial charge in [0.2, 0.25) is 0 Å². The Morgan fingerprint density at radius 1 is 1.30 bits per heavy atom. The number of benzene rings is 1. The van der Waals surface area contributed by atoms with Crippen LogP contribution < -0.4 is 10.2 Å². The molecule has 0 saturated carbocycles. The second kappa shape index (κ2) is 6.89. The van der Waals surface area contributed by atoms with Crippen LogP contribution in [-0.4, -0.2) is 36.9 Å². The van der Waals surface area contributed by atoms with E-state index in [2.05, 4.69) is 5.32 Å². The third kappa shape index (κ3) is 4.87. The van der Waals surface area contributed by atoms with Crippen molar-refractivity contribution >= 4 is 17.7 Å². The molecule has 1 saturated heterocycles. The number of rotatable bonds is 5. The Hall–Kier alpha value is -2.24. The predicted molar refractivity (Wildman–Crippen MR) is 87.3 cm³/mol. The Morgan fingerprint density at radius 2 is 2.00 bits per heavy atom. The van der Waals surface area contributed by atoms with Crippen LogP contribution in [-0.2, 0) is 20.8 Å². The number of amides is 1. The smallest absolute Gasteiger partial charge is 0.407 e. The number of alkyl carbamates (subject to hydrolysis) is 1. The minimum Gasteiger partial charge on any atom is -0.464 e. The molecular formula is C17H24N2O4. The van der Waals surface area contributed by atoms with Gasteiger partial charge < -0.3 is 19.7 Å². The van der Waals surface area contributed by atoms with E-state index in [0.717, 1.165) is 11.3 Å². The molecule has 1 aromatic rings. The van der Waals surface area contributed by atoms with Crippen molar-refractivity contribution in [3.05, 3.63) is 29.8 Å². The van der Waals surface area contributed by atoms with Gasteiger partial charge in [0.25, 0.3) is 0 Å². The van der Waals surface area contributed by atoms with E-state index in [1.54, 1.807) is 6.92 Å². The molecule has 1 aliphatic rings. The predicted octanol–water partition coefficient (Wildman–Crippen LogP) is 2.46. The Kier molecular flexibility index (Phi) is 5.13. The van der Waals surface area contributed by atoms with E-state index in [9.17, 15) is 9.59 Å². The third-order valence-electron chi connectivity index (χ3n) is 3.29. The largest absolute Gasteiger partial charge is 0.464 e. The number of carbonyl (C=O) groups is 2. The van der Waals surface area contributed by atoms with Gasteiger partial charge in [-0.15, -0.1) is 0 Å². The molecule has 1 unspecified atom stereocenters. The first-order valence-corrected chi connectivity index (χ1v) is 7.80. The highest BCUT2D eigenvalue weighted by Crippen LogP contribution is 2.31. The maximum Gasteiger partial charge on any atom is 0.407 e. The van der Waals surface area contributed by atoms with Crippen molar-refractivity contribution in [1.82, 2.24) is 5.32 Å². The average Bonchev–Trinajstić information content (AvgIpc) is 3.24. The van der Waals surface area contributed by atoms with Crippen LogP contribution in [0.15, 0.2) is 24.3 Å². The maximum atomic E-state index is 11.8. The Balaban J connectivity index is 1.97. The van der Waals surface area contributed by atoms with Crippen LogP contribution in [0.2, 0.25) is 0 Å². The van der Waals surface area contributed by atoms with E-state index in [1.807, 2.05) is 49.9 Å². The molecule has 2 rings (SSSR count). The fourth-order valence-corrected chi connectivity index (χ4v) is 2.27. The van der Waals surface area contributed by atoms with E-state index >= 15 is 0 Å². The highest BCUT2D eigenvalue weighted by Gasteiger charge is 2.42. The van der Waals surface area contributed by atoms with Gasteiger partial charge >= 0.3 is 12.1 Å². The minimum absolute atomic E-state index is 0.206. The van der Waals surface area contributed by atoms with Crippen molar-refractivity contribution in [2.75, 3.05) is 18.1 Å². The van der Waals surface area contributed by atoms with Gasteiger partial charge in [0.1, 0.15) is 11.6 Å². The molecule has 23 heavy (non-hydrogen) atoms. The number of carbonyl (C=O) groups excluding carboxylic acids is 2. The van der Waals surface area contributed by atoms with E-state index in [0.29, 0.717) is 19.7 Å². The first kappa shape index (κ1) is 17.1. The number of para-hydroxylation sites is 1. The van der Waals surface area contributed by atoms with Crippen molar-refractivity contribution in [3.63, 3.8) is 0 Å². The first-order chi connectivity index (χ1) is 10.8. The molecule has 0 bridgehead atoms. The van der Waals surface area contributed by atoms with Gasteiger partial charge in [-0.3, -0.25) is 0 Å². The third-order valence-corrected chi connectivity index (χ3v) is 3.29. The SMILES string of the molecule is CCOC(=O)C1CN1c1ccccc1CNC(=O)OC(C)(C)C. The summed E-state index contributed by atoms with van der Waals surface area (Å²) in [5.41, 5.74) is 1.34. The summed E-state index contributed by atoms with van der Waals surface area (Å²) in [6, 6.07) is 7.45. The Bertz CT molecular complexity index is 580. The van der Waals surface area contributed by atoms with Crippen molar-refractivity contribution in [3.8, 4) is 0 Å². The Labute approximate surface area is 136 Å². The van der Waals surface area contributed by atoms with Crippen LogP contribution in [0, 0.1) is 0 Å². The second-order valence-corrected chi connectivity index (χ2v) is 6.40. The van der Waals surface area contributed by atoms with Gasteiger partial charge in [-0.2, -0.15) is 0 Å². The number of ether oxygens (including phenoxy) is 2. The van der Waals surface area contributed by atoms with Gasteiger partial charge in [-0.1, -0.05) is 18.2 Å².